The molecule has 1 heterocycles. The molecule has 2 amide bonds. The molecule has 0 aliphatic carbocycles. The Kier molecular flexibility index (Phi) is 4.62. The minimum atomic E-state index is -0.424. The summed E-state index contributed by atoms with van der Waals surface area (Å²) >= 11 is 0. The molecule has 22 heavy (non-hydrogen) atoms. The van der Waals surface area contributed by atoms with E-state index in [0.29, 0.717) is 22.6 Å². The van der Waals surface area contributed by atoms with Gasteiger partial charge in [0, 0.05) is 30.9 Å². The molecule has 1 aromatic carbocycles. The fourth-order valence-corrected chi connectivity index (χ4v) is 2.03. The van der Waals surface area contributed by atoms with Gasteiger partial charge in [-0.15, -0.1) is 0 Å². The van der Waals surface area contributed by atoms with Crippen molar-refractivity contribution < 1.29 is 19.1 Å². The quantitative estimate of drug-likeness (QED) is 0.905. The van der Waals surface area contributed by atoms with Crippen LogP contribution in [-0.4, -0.2) is 35.9 Å². The zero-order valence-corrected chi connectivity index (χ0v) is 12.7. The molecule has 6 heteroatoms. The van der Waals surface area contributed by atoms with E-state index < -0.39 is 5.91 Å². The molecule has 2 N–H and O–H groups in total. The predicted octanol–water partition coefficient (Wildman–Crippen LogP) is 2.03. The molecule has 0 bridgehead atoms. The van der Waals surface area contributed by atoms with E-state index in [0.717, 1.165) is 0 Å². The smallest absolute Gasteiger partial charge is 0.291 e. The molecule has 0 unspecified atom stereocenters. The van der Waals surface area contributed by atoms with Crippen molar-refractivity contribution >= 4 is 17.5 Å². The average molecular weight is 302 g/mol. The number of nitrogens with zero attached hydrogens (tertiary/aromatic N) is 1. The minimum Gasteiger partial charge on any atom is -0.453 e. The normalized spacial score (nSPS) is 10.4. The highest BCUT2D eigenvalue weighted by molar-refractivity contribution is 6.04. The van der Waals surface area contributed by atoms with Crippen LogP contribution in [0.25, 0.3) is 0 Å². The number of hydrogen-bond acceptors (Lipinski definition) is 4. The number of amides is 2. The molecule has 0 aliphatic rings. The fraction of sp³-hybridized carbons (Fsp3) is 0.250. The molecular weight excluding hydrogens is 284 g/mol. The van der Waals surface area contributed by atoms with Crippen molar-refractivity contribution in [2.75, 3.05) is 19.4 Å². The zero-order chi connectivity index (χ0) is 16.3. The van der Waals surface area contributed by atoms with Crippen LogP contribution in [0.2, 0.25) is 0 Å². The monoisotopic (exact) mass is 302 g/mol. The lowest BCUT2D eigenvalue weighted by Crippen LogP contribution is -2.22. The highest BCUT2D eigenvalue weighted by atomic mass is 16.4. The lowest BCUT2D eigenvalue weighted by molar-refractivity contribution is 0.0827. The van der Waals surface area contributed by atoms with E-state index in [4.69, 9.17) is 9.52 Å². The van der Waals surface area contributed by atoms with Gasteiger partial charge in [0.1, 0.15) is 12.4 Å². The van der Waals surface area contributed by atoms with E-state index in [1.165, 1.54) is 4.90 Å². The molecular formula is C16H18N2O4. The predicted molar refractivity (Wildman–Crippen MR) is 81.8 cm³/mol. The molecule has 0 saturated heterocycles. The second-order valence-electron chi connectivity index (χ2n) is 5.12. The first-order chi connectivity index (χ1) is 10.4. The van der Waals surface area contributed by atoms with Gasteiger partial charge in [0.2, 0.25) is 0 Å². The van der Waals surface area contributed by atoms with Crippen molar-refractivity contribution in [1.29, 1.82) is 0 Å². The van der Waals surface area contributed by atoms with Crippen molar-refractivity contribution in [3.63, 3.8) is 0 Å². The third kappa shape index (κ3) is 3.35. The highest BCUT2D eigenvalue weighted by Gasteiger charge is 2.16. The van der Waals surface area contributed by atoms with Crippen LogP contribution < -0.4 is 5.32 Å². The number of furan rings is 1. The molecule has 0 fully saturated rings. The van der Waals surface area contributed by atoms with E-state index in [-0.39, 0.29) is 18.3 Å². The van der Waals surface area contributed by atoms with Gasteiger partial charge in [0.15, 0.2) is 5.76 Å². The number of carbonyl (C=O) groups excluding carboxylic acids is 2. The first kappa shape index (κ1) is 15.8. The van der Waals surface area contributed by atoms with Gasteiger partial charge in [0.05, 0.1) is 0 Å². The molecule has 0 radical (unpaired) electrons. The van der Waals surface area contributed by atoms with Crippen LogP contribution in [0.5, 0.6) is 0 Å². The lowest BCUT2D eigenvalue weighted by atomic mass is 10.1. The topological polar surface area (TPSA) is 82.8 Å². The molecule has 0 atom stereocenters. The van der Waals surface area contributed by atoms with Gasteiger partial charge in [-0.25, -0.2) is 0 Å². The van der Waals surface area contributed by atoms with E-state index >= 15 is 0 Å². The number of rotatable bonds is 4. The zero-order valence-electron chi connectivity index (χ0n) is 12.7. The van der Waals surface area contributed by atoms with E-state index in [9.17, 15) is 9.59 Å². The fourth-order valence-electron chi connectivity index (χ4n) is 2.03. The van der Waals surface area contributed by atoms with Gasteiger partial charge in [-0.05, 0) is 31.2 Å². The third-order valence-corrected chi connectivity index (χ3v) is 3.10. The summed E-state index contributed by atoms with van der Waals surface area (Å²) < 4.78 is 5.28. The second kappa shape index (κ2) is 6.44. The van der Waals surface area contributed by atoms with Crippen LogP contribution in [0.3, 0.4) is 0 Å². The number of carbonyl (C=O) groups is 2. The summed E-state index contributed by atoms with van der Waals surface area (Å²) in [5.74, 6) is -0.0907. The lowest BCUT2D eigenvalue weighted by Gasteiger charge is -2.11. The first-order valence-corrected chi connectivity index (χ1v) is 6.75. The summed E-state index contributed by atoms with van der Waals surface area (Å²) in [5, 5.41) is 11.7. The van der Waals surface area contributed by atoms with Gasteiger partial charge in [0.25, 0.3) is 11.8 Å². The van der Waals surface area contributed by atoms with Crippen molar-refractivity contribution in [2.45, 2.75) is 13.5 Å². The summed E-state index contributed by atoms with van der Waals surface area (Å²) in [4.78, 5) is 25.6. The van der Waals surface area contributed by atoms with Gasteiger partial charge in [-0.2, -0.15) is 0 Å². The number of aliphatic hydroxyl groups is 1. The Labute approximate surface area is 128 Å². The van der Waals surface area contributed by atoms with Crippen LogP contribution in [0.15, 0.2) is 34.7 Å². The Bertz CT molecular complexity index is 704. The van der Waals surface area contributed by atoms with Crippen LogP contribution in [0.1, 0.15) is 32.2 Å². The maximum atomic E-state index is 12.2. The summed E-state index contributed by atoms with van der Waals surface area (Å²) in [6.45, 7) is 1.46. The highest BCUT2D eigenvalue weighted by Crippen LogP contribution is 2.18. The summed E-state index contributed by atoms with van der Waals surface area (Å²) in [6, 6.07) is 8.28. The molecule has 2 rings (SSSR count). The summed E-state index contributed by atoms with van der Waals surface area (Å²) in [5.41, 5.74) is 1.62. The van der Waals surface area contributed by atoms with Crippen molar-refractivity contribution in [3.8, 4) is 0 Å². The Morgan fingerprint density at radius 2 is 2.00 bits per heavy atom. The Morgan fingerprint density at radius 3 is 2.59 bits per heavy atom. The van der Waals surface area contributed by atoms with Gasteiger partial charge in [-0.1, -0.05) is 6.07 Å². The van der Waals surface area contributed by atoms with E-state index in [1.54, 1.807) is 51.4 Å². The van der Waals surface area contributed by atoms with Crippen molar-refractivity contribution in [1.82, 2.24) is 4.90 Å². The number of benzene rings is 1. The van der Waals surface area contributed by atoms with E-state index in [2.05, 4.69) is 5.32 Å². The number of aliphatic hydroxyl groups excluding tert-OH is 1. The first-order valence-electron chi connectivity index (χ1n) is 6.75. The maximum absolute atomic E-state index is 12.2. The summed E-state index contributed by atoms with van der Waals surface area (Å²) in [6.07, 6.45) is 0. The molecule has 0 aliphatic heterocycles. The SMILES string of the molecule is Cc1cc(CO)oc1C(=O)Nc1cccc(C(=O)N(C)C)c1. The number of nitrogens with one attached hydrogen (secondary N) is 1. The molecule has 116 valence electrons. The standard InChI is InChI=1S/C16H18N2O4/c1-10-7-13(9-19)22-14(10)15(20)17-12-6-4-5-11(8-12)16(21)18(2)3/h4-8,19H,9H2,1-3H3,(H,17,20). The Hall–Kier alpha value is -2.60. The third-order valence-electron chi connectivity index (χ3n) is 3.10. The Morgan fingerprint density at radius 1 is 1.27 bits per heavy atom. The molecule has 1 aromatic heterocycles. The van der Waals surface area contributed by atoms with Gasteiger partial charge >= 0.3 is 0 Å². The van der Waals surface area contributed by atoms with Crippen molar-refractivity contribution in [3.05, 3.63) is 53.0 Å². The van der Waals surface area contributed by atoms with Gasteiger partial charge < -0.3 is 19.7 Å². The van der Waals surface area contributed by atoms with Crippen LogP contribution >= 0.6 is 0 Å². The van der Waals surface area contributed by atoms with E-state index in [1.807, 2.05) is 0 Å². The average Bonchev–Trinajstić information content (AvgIpc) is 2.88. The minimum absolute atomic E-state index is 0.146. The molecule has 0 spiro atoms. The largest absolute Gasteiger partial charge is 0.453 e. The molecule has 0 saturated carbocycles. The number of anilines is 1. The van der Waals surface area contributed by atoms with Gasteiger partial charge in [-0.3, -0.25) is 9.59 Å². The molecule has 6 nitrogen and oxygen atoms in total. The van der Waals surface area contributed by atoms with Crippen molar-refractivity contribution in [2.24, 2.45) is 0 Å². The summed E-state index contributed by atoms with van der Waals surface area (Å²) in [7, 11) is 3.33. The van der Waals surface area contributed by atoms with Crippen LogP contribution in [-0.2, 0) is 6.61 Å². The number of aryl methyl sites for hydroxylation is 1. The molecule has 2 aromatic rings. The van der Waals surface area contributed by atoms with Crippen LogP contribution in [0, 0.1) is 6.92 Å². The maximum Gasteiger partial charge on any atom is 0.291 e. The Balaban J connectivity index is 2.20. The second-order valence-corrected chi connectivity index (χ2v) is 5.12. The number of hydrogen-bond donors (Lipinski definition) is 2. The van der Waals surface area contributed by atoms with Crippen LogP contribution in [0.4, 0.5) is 5.69 Å².